The predicted octanol–water partition coefficient (Wildman–Crippen LogP) is -0.287. The first-order valence-electron chi connectivity index (χ1n) is 4.65. The van der Waals surface area contributed by atoms with Crippen LogP contribution in [0.1, 0.15) is 19.8 Å². The molecule has 0 saturated heterocycles. The van der Waals surface area contributed by atoms with Gasteiger partial charge in [0.1, 0.15) is 0 Å². The molecule has 0 rings (SSSR count). The van der Waals surface area contributed by atoms with Gasteiger partial charge >= 0.3 is 0 Å². The Labute approximate surface area is 85.5 Å². The second-order valence-corrected chi connectivity index (χ2v) is 5.00. The molecule has 5 nitrogen and oxygen atoms in total. The Morgan fingerprint density at radius 2 is 2.14 bits per heavy atom. The Morgan fingerprint density at radius 1 is 1.50 bits per heavy atom. The van der Waals surface area contributed by atoms with Gasteiger partial charge in [-0.2, -0.15) is 0 Å². The summed E-state index contributed by atoms with van der Waals surface area (Å²) in [5, 5.41) is 8.84. The number of sulfonamides is 1. The number of rotatable bonds is 8. The Bertz CT molecular complexity index is 227. The summed E-state index contributed by atoms with van der Waals surface area (Å²) in [4.78, 5) is 0. The molecule has 0 amide bonds. The summed E-state index contributed by atoms with van der Waals surface area (Å²) in [5.74, 6) is 0.101. The third kappa shape index (κ3) is 6.31. The fourth-order valence-electron chi connectivity index (χ4n) is 0.972. The van der Waals surface area contributed by atoms with Crippen molar-refractivity contribution in [2.75, 3.05) is 26.1 Å². The van der Waals surface area contributed by atoms with Gasteiger partial charge in [-0.15, -0.1) is 0 Å². The summed E-state index contributed by atoms with van der Waals surface area (Å²) in [5.41, 5.74) is 0. The van der Waals surface area contributed by atoms with Crippen LogP contribution in [0.2, 0.25) is 0 Å². The zero-order valence-corrected chi connectivity index (χ0v) is 9.51. The van der Waals surface area contributed by atoms with Crippen LogP contribution in [0.15, 0.2) is 0 Å². The normalized spacial score (nSPS) is 14.2. The Kier molecular flexibility index (Phi) is 7.08. The first-order chi connectivity index (χ1) is 6.55. The molecule has 0 aromatic heterocycles. The summed E-state index contributed by atoms with van der Waals surface area (Å²) >= 11 is 0. The lowest BCUT2D eigenvalue weighted by Gasteiger charge is -2.14. The molecule has 6 heteroatoms. The van der Waals surface area contributed by atoms with Crippen molar-refractivity contribution in [1.82, 2.24) is 4.72 Å². The van der Waals surface area contributed by atoms with E-state index in [1.165, 1.54) is 7.11 Å². The lowest BCUT2D eigenvalue weighted by Crippen LogP contribution is -2.41. The molecule has 2 N–H and O–H groups in total. The minimum atomic E-state index is -3.27. The summed E-state index contributed by atoms with van der Waals surface area (Å²) in [6.45, 7) is 1.86. The van der Waals surface area contributed by atoms with E-state index in [9.17, 15) is 8.42 Å². The summed E-state index contributed by atoms with van der Waals surface area (Å²) in [7, 11) is -1.81. The first kappa shape index (κ1) is 13.8. The second-order valence-electron chi connectivity index (χ2n) is 3.13. The average Bonchev–Trinajstić information content (AvgIpc) is 2.14. The van der Waals surface area contributed by atoms with E-state index in [2.05, 4.69) is 4.72 Å². The topological polar surface area (TPSA) is 75.6 Å². The third-order valence-electron chi connectivity index (χ3n) is 1.70. The van der Waals surface area contributed by atoms with Gasteiger partial charge in [0.15, 0.2) is 0 Å². The van der Waals surface area contributed by atoms with Gasteiger partial charge in [-0.05, 0) is 6.42 Å². The van der Waals surface area contributed by atoms with Crippen LogP contribution in [-0.2, 0) is 14.8 Å². The van der Waals surface area contributed by atoms with Gasteiger partial charge in [-0.25, -0.2) is 13.1 Å². The standard InChI is InChI=1S/C8H19NO4S/c1-3-4-5-14(11,12)9-8(6-10)7-13-2/h8-10H,3-7H2,1-2H3. The number of aliphatic hydroxyl groups is 1. The lowest BCUT2D eigenvalue weighted by atomic mass is 10.4. The molecule has 0 bridgehead atoms. The monoisotopic (exact) mass is 225 g/mol. The average molecular weight is 225 g/mol. The Balaban J connectivity index is 4.04. The van der Waals surface area contributed by atoms with Crippen molar-refractivity contribution in [3.8, 4) is 0 Å². The Morgan fingerprint density at radius 3 is 2.57 bits per heavy atom. The molecule has 1 atom stereocenters. The van der Waals surface area contributed by atoms with E-state index in [4.69, 9.17) is 9.84 Å². The predicted molar refractivity (Wildman–Crippen MR) is 54.6 cm³/mol. The van der Waals surface area contributed by atoms with Crippen LogP contribution >= 0.6 is 0 Å². The smallest absolute Gasteiger partial charge is 0.212 e. The highest BCUT2D eigenvalue weighted by molar-refractivity contribution is 7.89. The van der Waals surface area contributed by atoms with Gasteiger partial charge in [0, 0.05) is 7.11 Å². The van der Waals surface area contributed by atoms with Crippen molar-refractivity contribution < 1.29 is 18.3 Å². The van der Waals surface area contributed by atoms with E-state index in [1.54, 1.807) is 0 Å². The molecular weight excluding hydrogens is 206 g/mol. The van der Waals surface area contributed by atoms with Gasteiger partial charge in [0.2, 0.25) is 10.0 Å². The number of hydrogen-bond donors (Lipinski definition) is 2. The van der Waals surface area contributed by atoms with E-state index < -0.39 is 16.1 Å². The highest BCUT2D eigenvalue weighted by atomic mass is 32.2. The minimum absolute atomic E-state index is 0.101. The molecule has 0 aromatic carbocycles. The molecule has 0 radical (unpaired) electrons. The largest absolute Gasteiger partial charge is 0.395 e. The maximum absolute atomic E-state index is 11.4. The van der Waals surface area contributed by atoms with Crippen molar-refractivity contribution in [1.29, 1.82) is 0 Å². The molecule has 0 heterocycles. The van der Waals surface area contributed by atoms with Gasteiger partial charge in [0.05, 0.1) is 25.0 Å². The molecule has 14 heavy (non-hydrogen) atoms. The number of aliphatic hydroxyl groups excluding tert-OH is 1. The summed E-state index contributed by atoms with van der Waals surface area (Å²) in [6.07, 6.45) is 1.45. The summed E-state index contributed by atoms with van der Waals surface area (Å²) in [6, 6.07) is -0.540. The van der Waals surface area contributed by atoms with Gasteiger partial charge < -0.3 is 9.84 Å². The zero-order chi connectivity index (χ0) is 11.0. The fourth-order valence-corrected chi connectivity index (χ4v) is 2.41. The first-order valence-corrected chi connectivity index (χ1v) is 6.30. The van der Waals surface area contributed by atoms with E-state index in [0.717, 1.165) is 6.42 Å². The van der Waals surface area contributed by atoms with Crippen molar-refractivity contribution in [3.05, 3.63) is 0 Å². The van der Waals surface area contributed by atoms with Gasteiger partial charge in [-0.1, -0.05) is 13.3 Å². The van der Waals surface area contributed by atoms with Crippen LogP contribution in [-0.4, -0.2) is 45.6 Å². The molecule has 0 spiro atoms. The highest BCUT2D eigenvalue weighted by Crippen LogP contribution is 1.96. The molecule has 0 aromatic rings. The number of methoxy groups -OCH3 is 1. The molecule has 0 aliphatic carbocycles. The maximum atomic E-state index is 11.4. The molecule has 0 fully saturated rings. The van der Waals surface area contributed by atoms with E-state index in [1.807, 2.05) is 6.92 Å². The Hall–Kier alpha value is -0.170. The van der Waals surface area contributed by atoms with Crippen LogP contribution in [0.3, 0.4) is 0 Å². The highest BCUT2D eigenvalue weighted by Gasteiger charge is 2.16. The SMILES string of the molecule is CCCCS(=O)(=O)NC(CO)COC. The molecular formula is C8H19NO4S. The van der Waals surface area contributed by atoms with Crippen LogP contribution in [0.25, 0.3) is 0 Å². The zero-order valence-electron chi connectivity index (χ0n) is 8.69. The fraction of sp³-hybridized carbons (Fsp3) is 1.00. The van der Waals surface area contributed by atoms with Crippen LogP contribution in [0.5, 0.6) is 0 Å². The number of hydrogen-bond acceptors (Lipinski definition) is 4. The van der Waals surface area contributed by atoms with Crippen LogP contribution < -0.4 is 4.72 Å². The lowest BCUT2D eigenvalue weighted by molar-refractivity contribution is 0.139. The number of nitrogens with one attached hydrogen (secondary N) is 1. The number of unbranched alkanes of at least 4 members (excludes halogenated alkanes) is 1. The van der Waals surface area contributed by atoms with Gasteiger partial charge in [-0.3, -0.25) is 0 Å². The van der Waals surface area contributed by atoms with Crippen LogP contribution in [0.4, 0.5) is 0 Å². The van der Waals surface area contributed by atoms with Crippen molar-refractivity contribution in [2.45, 2.75) is 25.8 Å². The minimum Gasteiger partial charge on any atom is -0.395 e. The van der Waals surface area contributed by atoms with Crippen molar-refractivity contribution >= 4 is 10.0 Å². The molecule has 0 aliphatic heterocycles. The third-order valence-corrected chi connectivity index (χ3v) is 3.22. The van der Waals surface area contributed by atoms with E-state index in [0.29, 0.717) is 6.42 Å². The van der Waals surface area contributed by atoms with Gasteiger partial charge in [0.25, 0.3) is 0 Å². The second kappa shape index (κ2) is 7.17. The number of ether oxygens (including phenoxy) is 1. The molecule has 86 valence electrons. The maximum Gasteiger partial charge on any atom is 0.212 e. The van der Waals surface area contributed by atoms with Crippen molar-refractivity contribution in [3.63, 3.8) is 0 Å². The molecule has 0 saturated carbocycles. The van der Waals surface area contributed by atoms with Crippen LogP contribution in [0, 0.1) is 0 Å². The molecule has 1 unspecified atom stereocenters. The van der Waals surface area contributed by atoms with E-state index >= 15 is 0 Å². The molecule has 0 aliphatic rings. The van der Waals surface area contributed by atoms with Crippen molar-refractivity contribution in [2.24, 2.45) is 0 Å². The quantitative estimate of drug-likeness (QED) is 0.595. The van der Waals surface area contributed by atoms with E-state index in [-0.39, 0.29) is 19.0 Å². The summed E-state index contributed by atoms with van der Waals surface area (Å²) < 4.78 is 29.8.